The Labute approximate surface area is 99.8 Å². The molecule has 0 aliphatic rings. The number of aliphatic hydroxyl groups excluding tert-OH is 1. The minimum absolute atomic E-state index is 0.303. The zero-order chi connectivity index (χ0) is 11.1. The first-order chi connectivity index (χ1) is 7.24. The summed E-state index contributed by atoms with van der Waals surface area (Å²) < 4.78 is 1.12. The molecule has 0 heterocycles. The summed E-state index contributed by atoms with van der Waals surface area (Å²) in [5, 5.41) is 12.0. The van der Waals surface area contributed by atoms with Crippen molar-refractivity contribution < 1.29 is 5.11 Å². The van der Waals surface area contributed by atoms with Crippen molar-refractivity contribution in [2.45, 2.75) is 26.2 Å². The van der Waals surface area contributed by atoms with Crippen LogP contribution in [0.15, 0.2) is 22.7 Å². The van der Waals surface area contributed by atoms with Gasteiger partial charge >= 0.3 is 0 Å². The highest BCUT2D eigenvalue weighted by Crippen LogP contribution is 2.19. The molecule has 2 N–H and O–H groups in total. The first-order valence-electron chi connectivity index (χ1n) is 5.35. The quantitative estimate of drug-likeness (QED) is 0.778. The minimum Gasteiger partial charge on any atom is -0.396 e. The Morgan fingerprint density at radius 1 is 1.27 bits per heavy atom. The molecule has 0 saturated carbocycles. The first-order valence-corrected chi connectivity index (χ1v) is 6.14. The average molecular weight is 272 g/mol. The van der Waals surface area contributed by atoms with E-state index in [1.165, 1.54) is 11.3 Å². The molecule has 1 aromatic carbocycles. The van der Waals surface area contributed by atoms with E-state index < -0.39 is 0 Å². The van der Waals surface area contributed by atoms with E-state index in [9.17, 15) is 0 Å². The van der Waals surface area contributed by atoms with E-state index in [1.807, 2.05) is 6.07 Å². The van der Waals surface area contributed by atoms with Crippen LogP contribution in [0.5, 0.6) is 0 Å². The molecular weight excluding hydrogens is 254 g/mol. The smallest absolute Gasteiger partial charge is 0.0431 e. The van der Waals surface area contributed by atoms with E-state index in [0.717, 1.165) is 30.3 Å². The lowest BCUT2D eigenvalue weighted by Crippen LogP contribution is -2.03. The van der Waals surface area contributed by atoms with Crippen molar-refractivity contribution in [3.8, 4) is 0 Å². The average Bonchev–Trinajstić information content (AvgIpc) is 2.20. The molecular formula is C12H18BrNO. The minimum atomic E-state index is 0.303. The monoisotopic (exact) mass is 271 g/mol. The van der Waals surface area contributed by atoms with Gasteiger partial charge in [0.1, 0.15) is 0 Å². The highest BCUT2D eigenvalue weighted by Gasteiger charge is 1.97. The van der Waals surface area contributed by atoms with Crippen molar-refractivity contribution in [1.29, 1.82) is 0 Å². The maximum absolute atomic E-state index is 8.63. The summed E-state index contributed by atoms with van der Waals surface area (Å²) >= 11 is 3.44. The van der Waals surface area contributed by atoms with E-state index in [1.54, 1.807) is 0 Å². The number of anilines is 1. The fourth-order valence-electron chi connectivity index (χ4n) is 1.46. The lowest BCUT2D eigenvalue weighted by molar-refractivity contribution is 0.283. The van der Waals surface area contributed by atoms with Crippen LogP contribution in [0, 0.1) is 6.92 Å². The van der Waals surface area contributed by atoms with Gasteiger partial charge in [-0.15, -0.1) is 0 Å². The molecule has 0 atom stereocenters. The van der Waals surface area contributed by atoms with Crippen LogP contribution < -0.4 is 5.32 Å². The molecule has 0 aromatic heterocycles. The van der Waals surface area contributed by atoms with Gasteiger partial charge in [-0.25, -0.2) is 0 Å². The summed E-state index contributed by atoms with van der Waals surface area (Å²) in [7, 11) is 0. The molecule has 0 unspecified atom stereocenters. The van der Waals surface area contributed by atoms with Crippen LogP contribution in [0.3, 0.4) is 0 Å². The zero-order valence-electron chi connectivity index (χ0n) is 9.09. The Morgan fingerprint density at radius 3 is 2.73 bits per heavy atom. The topological polar surface area (TPSA) is 32.3 Å². The zero-order valence-corrected chi connectivity index (χ0v) is 10.7. The molecule has 84 valence electrons. The van der Waals surface area contributed by atoms with Gasteiger partial charge in [-0.1, -0.05) is 15.9 Å². The molecule has 3 heteroatoms. The van der Waals surface area contributed by atoms with Gasteiger partial charge in [-0.05, 0) is 49.9 Å². The summed E-state index contributed by atoms with van der Waals surface area (Å²) in [4.78, 5) is 0. The van der Waals surface area contributed by atoms with Crippen LogP contribution >= 0.6 is 15.9 Å². The Morgan fingerprint density at radius 2 is 2.07 bits per heavy atom. The molecule has 0 bridgehead atoms. The first kappa shape index (κ1) is 12.5. The van der Waals surface area contributed by atoms with Crippen molar-refractivity contribution in [2.24, 2.45) is 0 Å². The van der Waals surface area contributed by atoms with Crippen LogP contribution in [0.2, 0.25) is 0 Å². The SMILES string of the molecule is Cc1cc(Br)ccc1NCCCCCO. The van der Waals surface area contributed by atoms with Crippen LogP contribution in [0.4, 0.5) is 5.69 Å². The Hall–Kier alpha value is -0.540. The number of benzene rings is 1. The second-order valence-corrected chi connectivity index (χ2v) is 4.59. The molecule has 0 saturated heterocycles. The van der Waals surface area contributed by atoms with Crippen LogP contribution in [0.1, 0.15) is 24.8 Å². The molecule has 1 rings (SSSR count). The van der Waals surface area contributed by atoms with Crippen molar-refractivity contribution >= 4 is 21.6 Å². The Balaban J connectivity index is 2.31. The number of nitrogens with one attached hydrogen (secondary N) is 1. The van der Waals surface area contributed by atoms with Crippen LogP contribution in [0.25, 0.3) is 0 Å². The van der Waals surface area contributed by atoms with E-state index in [0.29, 0.717) is 6.61 Å². The molecule has 0 spiro atoms. The van der Waals surface area contributed by atoms with Gasteiger partial charge in [0.15, 0.2) is 0 Å². The van der Waals surface area contributed by atoms with Crippen LogP contribution in [-0.2, 0) is 0 Å². The van der Waals surface area contributed by atoms with Gasteiger partial charge in [0, 0.05) is 23.3 Å². The summed E-state index contributed by atoms with van der Waals surface area (Å²) in [5.41, 5.74) is 2.45. The summed E-state index contributed by atoms with van der Waals surface area (Å²) in [6.45, 7) is 3.38. The second kappa shape index (κ2) is 6.85. The summed E-state index contributed by atoms with van der Waals surface area (Å²) in [6, 6.07) is 6.24. The third-order valence-electron chi connectivity index (χ3n) is 2.34. The van der Waals surface area contributed by atoms with Crippen molar-refractivity contribution in [1.82, 2.24) is 0 Å². The van der Waals surface area contributed by atoms with Crippen molar-refractivity contribution in [3.63, 3.8) is 0 Å². The Bertz CT molecular complexity index is 302. The molecule has 0 aliphatic heterocycles. The number of halogens is 1. The number of hydrogen-bond acceptors (Lipinski definition) is 2. The number of aliphatic hydroxyl groups is 1. The number of hydrogen-bond donors (Lipinski definition) is 2. The maximum atomic E-state index is 8.63. The number of rotatable bonds is 6. The third-order valence-corrected chi connectivity index (χ3v) is 2.83. The fraction of sp³-hybridized carbons (Fsp3) is 0.500. The van der Waals surface area contributed by atoms with Gasteiger partial charge in [0.25, 0.3) is 0 Å². The number of aryl methyl sites for hydroxylation is 1. The third kappa shape index (κ3) is 4.67. The molecule has 0 fully saturated rings. The Kier molecular flexibility index (Phi) is 5.73. The normalized spacial score (nSPS) is 10.3. The summed E-state index contributed by atoms with van der Waals surface area (Å²) in [5.74, 6) is 0. The van der Waals surface area contributed by atoms with Crippen molar-refractivity contribution in [3.05, 3.63) is 28.2 Å². The molecule has 0 radical (unpaired) electrons. The van der Waals surface area contributed by atoms with Gasteiger partial charge < -0.3 is 10.4 Å². The van der Waals surface area contributed by atoms with Gasteiger partial charge in [0.2, 0.25) is 0 Å². The molecule has 1 aromatic rings. The number of unbranched alkanes of at least 4 members (excludes halogenated alkanes) is 2. The summed E-state index contributed by atoms with van der Waals surface area (Å²) in [6.07, 6.45) is 3.09. The van der Waals surface area contributed by atoms with E-state index >= 15 is 0 Å². The van der Waals surface area contributed by atoms with E-state index in [-0.39, 0.29) is 0 Å². The molecule has 15 heavy (non-hydrogen) atoms. The predicted molar refractivity (Wildman–Crippen MR) is 68.3 cm³/mol. The van der Waals surface area contributed by atoms with Gasteiger partial charge in [-0.2, -0.15) is 0 Å². The van der Waals surface area contributed by atoms with Gasteiger partial charge in [0.05, 0.1) is 0 Å². The van der Waals surface area contributed by atoms with Crippen molar-refractivity contribution in [2.75, 3.05) is 18.5 Å². The largest absolute Gasteiger partial charge is 0.396 e. The highest BCUT2D eigenvalue weighted by atomic mass is 79.9. The highest BCUT2D eigenvalue weighted by molar-refractivity contribution is 9.10. The molecule has 0 amide bonds. The predicted octanol–water partition coefficient (Wildman–Crippen LogP) is 3.33. The van der Waals surface area contributed by atoms with E-state index in [2.05, 4.69) is 40.3 Å². The standard InChI is InChI=1S/C12H18BrNO/c1-10-9-11(13)5-6-12(10)14-7-3-2-4-8-15/h5-6,9,14-15H,2-4,7-8H2,1H3. The maximum Gasteiger partial charge on any atom is 0.0431 e. The molecule has 2 nitrogen and oxygen atoms in total. The second-order valence-electron chi connectivity index (χ2n) is 3.67. The van der Waals surface area contributed by atoms with Crippen LogP contribution in [-0.4, -0.2) is 18.3 Å². The lowest BCUT2D eigenvalue weighted by Gasteiger charge is -2.09. The fourth-order valence-corrected chi connectivity index (χ4v) is 1.94. The van der Waals surface area contributed by atoms with E-state index in [4.69, 9.17) is 5.11 Å². The molecule has 0 aliphatic carbocycles. The lowest BCUT2D eigenvalue weighted by atomic mass is 10.2. The van der Waals surface area contributed by atoms with Gasteiger partial charge in [-0.3, -0.25) is 0 Å².